The van der Waals surface area contributed by atoms with Crippen molar-refractivity contribution in [3.8, 4) is 10.6 Å². The highest BCUT2D eigenvalue weighted by Gasteiger charge is 2.08. The van der Waals surface area contributed by atoms with Crippen LogP contribution in [0.5, 0.6) is 0 Å². The Morgan fingerprint density at radius 2 is 1.76 bits per heavy atom. The number of hydrogen-bond acceptors (Lipinski definition) is 3. The molecule has 4 heteroatoms. The number of benzene rings is 2. The standard InChI is InChI=1S/C13H8N3S/c14-16-10-7-5-9(6-8-10)13-15-11-3-1-2-4-12(11)17-13/h1-8H/q+1. The van der Waals surface area contributed by atoms with Crippen molar-refractivity contribution in [1.29, 1.82) is 5.39 Å². The van der Waals surface area contributed by atoms with E-state index in [1.165, 1.54) is 4.70 Å². The van der Waals surface area contributed by atoms with E-state index in [0.717, 1.165) is 16.1 Å². The van der Waals surface area contributed by atoms with Crippen LogP contribution in [0.2, 0.25) is 0 Å². The molecule has 0 aliphatic heterocycles. The molecule has 1 heterocycles. The van der Waals surface area contributed by atoms with Crippen molar-refractivity contribution < 1.29 is 0 Å². The zero-order valence-electron chi connectivity index (χ0n) is 8.87. The average molecular weight is 238 g/mol. The van der Waals surface area contributed by atoms with Gasteiger partial charge in [0.25, 0.3) is 0 Å². The summed E-state index contributed by atoms with van der Waals surface area (Å²) in [6.45, 7) is 0. The Hall–Kier alpha value is -2.25. The monoisotopic (exact) mass is 238 g/mol. The minimum Gasteiger partial charge on any atom is -0.236 e. The summed E-state index contributed by atoms with van der Waals surface area (Å²) in [5.74, 6) is 0. The average Bonchev–Trinajstić information content (AvgIpc) is 2.82. The van der Waals surface area contributed by atoms with E-state index in [2.05, 4.69) is 16.0 Å². The van der Waals surface area contributed by atoms with E-state index in [-0.39, 0.29) is 0 Å². The molecule has 0 saturated heterocycles. The fraction of sp³-hybridized carbons (Fsp3) is 0. The van der Waals surface area contributed by atoms with Crippen LogP contribution in [0.15, 0.2) is 48.5 Å². The van der Waals surface area contributed by atoms with Crippen LogP contribution in [0.4, 0.5) is 5.69 Å². The van der Waals surface area contributed by atoms with Gasteiger partial charge in [-0.05, 0) is 24.3 Å². The highest BCUT2D eigenvalue weighted by Crippen LogP contribution is 2.30. The van der Waals surface area contributed by atoms with Gasteiger partial charge >= 0.3 is 5.69 Å². The van der Waals surface area contributed by atoms with Crippen LogP contribution >= 0.6 is 11.3 Å². The number of para-hydroxylation sites is 1. The van der Waals surface area contributed by atoms with E-state index < -0.39 is 0 Å². The fourth-order valence-electron chi connectivity index (χ4n) is 1.67. The molecule has 0 bridgehead atoms. The minimum atomic E-state index is 0.551. The minimum absolute atomic E-state index is 0.551. The van der Waals surface area contributed by atoms with Crippen molar-refractivity contribution in [1.82, 2.24) is 4.98 Å². The van der Waals surface area contributed by atoms with E-state index in [4.69, 9.17) is 5.39 Å². The number of diazo groups is 1. The molecule has 0 unspecified atom stereocenters. The van der Waals surface area contributed by atoms with E-state index >= 15 is 0 Å². The molecule has 0 aliphatic carbocycles. The third-order valence-corrected chi connectivity index (χ3v) is 3.61. The van der Waals surface area contributed by atoms with Gasteiger partial charge in [0.15, 0.2) is 4.98 Å². The molecule has 3 rings (SSSR count). The van der Waals surface area contributed by atoms with Gasteiger partial charge in [-0.2, -0.15) is 0 Å². The van der Waals surface area contributed by atoms with Gasteiger partial charge in [-0.3, -0.25) is 0 Å². The van der Waals surface area contributed by atoms with Crippen molar-refractivity contribution in [3.05, 3.63) is 53.5 Å². The molecule has 0 amide bonds. The highest BCUT2D eigenvalue weighted by atomic mass is 32.1. The van der Waals surface area contributed by atoms with Gasteiger partial charge in [-0.25, -0.2) is 4.98 Å². The maximum atomic E-state index is 8.63. The SMILES string of the molecule is N#[N+]c1ccc(-c2nc3ccccc3s2)cc1. The van der Waals surface area contributed by atoms with Gasteiger partial charge in [-0.15, -0.1) is 11.3 Å². The van der Waals surface area contributed by atoms with Gasteiger partial charge in [0.05, 0.1) is 10.2 Å². The Morgan fingerprint density at radius 3 is 2.47 bits per heavy atom. The molecule has 0 fully saturated rings. The quantitative estimate of drug-likeness (QED) is 0.588. The molecule has 0 atom stereocenters. The lowest BCUT2D eigenvalue weighted by Gasteiger charge is -1.91. The van der Waals surface area contributed by atoms with Gasteiger partial charge in [-0.1, -0.05) is 12.1 Å². The second-order valence-corrected chi connectivity index (χ2v) is 4.66. The highest BCUT2D eigenvalue weighted by molar-refractivity contribution is 7.21. The van der Waals surface area contributed by atoms with Crippen LogP contribution < -0.4 is 0 Å². The Labute approximate surface area is 102 Å². The molecule has 0 aliphatic rings. The molecule has 3 nitrogen and oxygen atoms in total. The Bertz CT molecular complexity index is 674. The van der Waals surface area contributed by atoms with Crippen molar-refractivity contribution in [2.45, 2.75) is 0 Å². The van der Waals surface area contributed by atoms with Crippen LogP contribution in [-0.4, -0.2) is 4.98 Å². The predicted octanol–water partition coefficient (Wildman–Crippen LogP) is 4.45. The summed E-state index contributed by atoms with van der Waals surface area (Å²) < 4.78 is 1.18. The second kappa shape index (κ2) is 3.96. The lowest BCUT2D eigenvalue weighted by atomic mass is 10.2. The lowest BCUT2D eigenvalue weighted by Crippen LogP contribution is -1.73. The summed E-state index contributed by atoms with van der Waals surface area (Å²) in [5, 5.41) is 9.61. The van der Waals surface area contributed by atoms with Crippen LogP contribution in [-0.2, 0) is 0 Å². The molecule has 17 heavy (non-hydrogen) atoms. The smallest absolute Gasteiger partial charge is 0.236 e. The van der Waals surface area contributed by atoms with Crippen LogP contribution in [0.1, 0.15) is 0 Å². The van der Waals surface area contributed by atoms with E-state index in [0.29, 0.717) is 5.69 Å². The molecule has 0 radical (unpaired) electrons. The molecule has 0 spiro atoms. The first kappa shape index (κ1) is 9.94. The van der Waals surface area contributed by atoms with Gasteiger partial charge in [0.1, 0.15) is 5.01 Å². The number of aromatic nitrogens is 1. The Kier molecular flexibility index (Phi) is 2.32. The maximum Gasteiger partial charge on any atom is 0.385 e. The number of rotatable bonds is 1. The predicted molar refractivity (Wildman–Crippen MR) is 69.8 cm³/mol. The first-order chi connectivity index (χ1) is 8.36. The first-order valence-electron chi connectivity index (χ1n) is 5.18. The van der Waals surface area contributed by atoms with Crippen molar-refractivity contribution in [2.24, 2.45) is 0 Å². The summed E-state index contributed by atoms with van der Waals surface area (Å²) in [7, 11) is 0. The van der Waals surface area contributed by atoms with Crippen LogP contribution in [0.25, 0.3) is 25.8 Å². The first-order valence-corrected chi connectivity index (χ1v) is 5.99. The number of hydrogen-bond donors (Lipinski definition) is 0. The number of thiazole rings is 1. The topological polar surface area (TPSA) is 41.0 Å². The molecule has 0 N–H and O–H groups in total. The van der Waals surface area contributed by atoms with Crippen LogP contribution in [0.3, 0.4) is 0 Å². The van der Waals surface area contributed by atoms with E-state index in [9.17, 15) is 0 Å². The third-order valence-electron chi connectivity index (χ3n) is 2.52. The zero-order chi connectivity index (χ0) is 11.7. The molecule has 2 aromatic carbocycles. The fourth-order valence-corrected chi connectivity index (χ4v) is 2.64. The number of fused-ring (bicyclic) bond motifs is 1. The Morgan fingerprint density at radius 1 is 1.00 bits per heavy atom. The normalized spacial score (nSPS) is 10.3. The number of nitrogens with zero attached hydrogens (tertiary/aromatic N) is 3. The summed E-state index contributed by atoms with van der Waals surface area (Å²) in [5.41, 5.74) is 2.61. The van der Waals surface area contributed by atoms with Crippen LogP contribution in [0, 0.1) is 5.39 Å². The third kappa shape index (κ3) is 1.77. The second-order valence-electron chi connectivity index (χ2n) is 3.63. The molecular formula is C13H8N3S+. The lowest BCUT2D eigenvalue weighted by molar-refractivity contribution is 1.45. The van der Waals surface area contributed by atoms with Gasteiger partial charge in [0.2, 0.25) is 5.39 Å². The summed E-state index contributed by atoms with van der Waals surface area (Å²) in [6, 6.07) is 15.4. The van der Waals surface area contributed by atoms with Gasteiger partial charge in [0, 0.05) is 17.7 Å². The van der Waals surface area contributed by atoms with Crippen molar-refractivity contribution in [2.75, 3.05) is 0 Å². The molecule has 3 aromatic rings. The molecule has 0 saturated carbocycles. The van der Waals surface area contributed by atoms with E-state index in [1.807, 2.05) is 30.3 Å². The van der Waals surface area contributed by atoms with Crippen molar-refractivity contribution in [3.63, 3.8) is 0 Å². The molecular weight excluding hydrogens is 230 g/mol. The van der Waals surface area contributed by atoms with E-state index in [1.54, 1.807) is 23.5 Å². The largest absolute Gasteiger partial charge is 0.385 e. The zero-order valence-corrected chi connectivity index (χ0v) is 9.69. The summed E-state index contributed by atoms with van der Waals surface area (Å²) in [6.07, 6.45) is 0. The molecule has 1 aromatic heterocycles. The maximum absolute atomic E-state index is 8.63. The Balaban J connectivity index is 2.11. The van der Waals surface area contributed by atoms with Gasteiger partial charge < -0.3 is 0 Å². The molecule has 80 valence electrons. The van der Waals surface area contributed by atoms with Crippen molar-refractivity contribution >= 4 is 27.2 Å². The summed E-state index contributed by atoms with van der Waals surface area (Å²) >= 11 is 1.66. The summed E-state index contributed by atoms with van der Waals surface area (Å²) in [4.78, 5) is 7.69.